The smallest absolute Gasteiger partial charge is 0.233 e. The largest absolute Gasteiger partial charge is 0.337 e. The molecule has 116 valence electrons. The van der Waals surface area contributed by atoms with E-state index in [0.717, 1.165) is 13.0 Å². The van der Waals surface area contributed by atoms with Crippen molar-refractivity contribution < 1.29 is 4.79 Å². The van der Waals surface area contributed by atoms with Crippen molar-refractivity contribution in [2.75, 3.05) is 12.3 Å². The van der Waals surface area contributed by atoms with Gasteiger partial charge >= 0.3 is 0 Å². The Bertz CT molecular complexity index is 669. The van der Waals surface area contributed by atoms with Gasteiger partial charge in [-0.3, -0.25) is 4.79 Å². The molecule has 3 rings (SSSR count). The first-order valence-corrected chi connectivity index (χ1v) is 8.39. The Hall–Kier alpha value is -1.89. The topological polar surface area (TPSA) is 63.9 Å². The van der Waals surface area contributed by atoms with Crippen LogP contribution in [0.5, 0.6) is 0 Å². The molecule has 0 bridgehead atoms. The number of carbonyl (C=O) groups excluding carboxylic acids is 1. The van der Waals surface area contributed by atoms with E-state index in [2.05, 4.69) is 33.7 Å². The summed E-state index contributed by atoms with van der Waals surface area (Å²) in [7, 11) is 0. The normalized spacial score (nSPS) is 14.2. The summed E-state index contributed by atoms with van der Waals surface area (Å²) in [6.07, 6.45) is 0.927. The summed E-state index contributed by atoms with van der Waals surface area (Å²) in [5.41, 5.74) is 2.60. The fraction of sp³-hybridized carbons (Fsp3) is 0.467. The van der Waals surface area contributed by atoms with Gasteiger partial charge < -0.3 is 4.90 Å². The van der Waals surface area contributed by atoms with Crippen molar-refractivity contribution in [2.24, 2.45) is 0 Å². The molecule has 0 atom stereocenters. The first-order chi connectivity index (χ1) is 10.6. The number of tetrazole rings is 1. The first-order valence-electron chi connectivity index (χ1n) is 7.40. The molecule has 1 amide bonds. The molecule has 2 heterocycles. The number of hydrogen-bond donors (Lipinski definition) is 0. The Balaban J connectivity index is 1.60. The van der Waals surface area contributed by atoms with Crippen molar-refractivity contribution in [3.63, 3.8) is 0 Å². The number of rotatable bonds is 4. The highest BCUT2D eigenvalue weighted by Gasteiger charge is 2.21. The van der Waals surface area contributed by atoms with Crippen molar-refractivity contribution in [1.29, 1.82) is 0 Å². The van der Waals surface area contributed by atoms with Crippen LogP contribution in [0.1, 0.15) is 31.0 Å². The molecule has 22 heavy (non-hydrogen) atoms. The summed E-state index contributed by atoms with van der Waals surface area (Å²) in [5.74, 6) is 0.507. The van der Waals surface area contributed by atoms with Gasteiger partial charge in [-0.1, -0.05) is 36.0 Å². The van der Waals surface area contributed by atoms with Crippen LogP contribution < -0.4 is 0 Å². The van der Waals surface area contributed by atoms with Crippen LogP contribution in [0.2, 0.25) is 0 Å². The van der Waals surface area contributed by atoms with Crippen molar-refractivity contribution in [2.45, 2.75) is 38.0 Å². The highest BCUT2D eigenvalue weighted by Crippen LogP contribution is 2.21. The van der Waals surface area contributed by atoms with Gasteiger partial charge in [0.2, 0.25) is 11.1 Å². The standard InChI is InChI=1S/C15H19N5OS/c1-11(2)20-15(16-17-18-20)22-10-14(21)19-8-7-12-5-3-4-6-13(12)9-19/h3-6,11H,7-10H2,1-2H3. The van der Waals surface area contributed by atoms with Gasteiger partial charge in [-0.2, -0.15) is 0 Å². The molecule has 0 spiro atoms. The third-order valence-electron chi connectivity index (χ3n) is 3.76. The average Bonchev–Trinajstić information content (AvgIpc) is 3.01. The lowest BCUT2D eigenvalue weighted by atomic mass is 10.00. The number of carbonyl (C=O) groups is 1. The van der Waals surface area contributed by atoms with Crippen LogP contribution in [-0.4, -0.2) is 43.3 Å². The van der Waals surface area contributed by atoms with E-state index in [-0.39, 0.29) is 11.9 Å². The van der Waals surface area contributed by atoms with E-state index in [4.69, 9.17) is 0 Å². The summed E-state index contributed by atoms with van der Waals surface area (Å²) in [6, 6.07) is 8.51. The summed E-state index contributed by atoms with van der Waals surface area (Å²) >= 11 is 1.40. The number of aromatic nitrogens is 4. The van der Waals surface area contributed by atoms with E-state index in [1.54, 1.807) is 4.68 Å². The monoisotopic (exact) mass is 317 g/mol. The number of thioether (sulfide) groups is 1. The Morgan fingerprint density at radius 3 is 2.86 bits per heavy atom. The third kappa shape index (κ3) is 3.14. The van der Waals surface area contributed by atoms with Gasteiger partial charge in [0.25, 0.3) is 0 Å². The van der Waals surface area contributed by atoms with Crippen LogP contribution in [-0.2, 0) is 17.8 Å². The van der Waals surface area contributed by atoms with Crippen molar-refractivity contribution in [3.05, 3.63) is 35.4 Å². The number of nitrogens with zero attached hydrogens (tertiary/aromatic N) is 5. The number of fused-ring (bicyclic) bond motifs is 1. The summed E-state index contributed by atoms with van der Waals surface area (Å²) < 4.78 is 1.74. The average molecular weight is 317 g/mol. The van der Waals surface area contributed by atoms with E-state index in [1.807, 2.05) is 24.8 Å². The Morgan fingerprint density at radius 2 is 2.09 bits per heavy atom. The number of amides is 1. The zero-order valence-electron chi connectivity index (χ0n) is 12.8. The molecule has 0 saturated heterocycles. The lowest BCUT2D eigenvalue weighted by molar-refractivity contribution is -0.129. The molecule has 0 aliphatic carbocycles. The van der Waals surface area contributed by atoms with Gasteiger partial charge in [0.15, 0.2) is 0 Å². The summed E-state index contributed by atoms with van der Waals surface area (Å²) in [4.78, 5) is 14.3. The van der Waals surface area contributed by atoms with Crippen LogP contribution in [0.15, 0.2) is 29.4 Å². The predicted octanol–water partition coefficient (Wildman–Crippen LogP) is 1.93. The van der Waals surface area contributed by atoms with E-state index in [9.17, 15) is 4.79 Å². The fourth-order valence-electron chi connectivity index (χ4n) is 2.53. The van der Waals surface area contributed by atoms with E-state index in [1.165, 1.54) is 22.9 Å². The highest BCUT2D eigenvalue weighted by molar-refractivity contribution is 7.99. The van der Waals surface area contributed by atoms with Gasteiger partial charge in [0.05, 0.1) is 11.8 Å². The molecule has 1 aromatic heterocycles. The molecular formula is C15H19N5OS. The summed E-state index contributed by atoms with van der Waals surface area (Å²) in [6.45, 7) is 5.52. The van der Waals surface area contributed by atoms with Crippen molar-refractivity contribution >= 4 is 17.7 Å². The third-order valence-corrected chi connectivity index (χ3v) is 4.68. The molecule has 1 aliphatic heterocycles. The molecule has 1 aliphatic rings. The maximum atomic E-state index is 12.4. The molecule has 2 aromatic rings. The highest BCUT2D eigenvalue weighted by atomic mass is 32.2. The minimum Gasteiger partial charge on any atom is -0.337 e. The minimum atomic E-state index is 0.137. The van der Waals surface area contributed by atoms with Crippen molar-refractivity contribution in [3.8, 4) is 0 Å². The van der Waals surface area contributed by atoms with Gasteiger partial charge in [0, 0.05) is 13.1 Å². The first kappa shape index (κ1) is 15.0. The quantitative estimate of drug-likeness (QED) is 0.806. The maximum Gasteiger partial charge on any atom is 0.233 e. The molecule has 0 radical (unpaired) electrons. The van der Waals surface area contributed by atoms with E-state index in [0.29, 0.717) is 17.5 Å². The second kappa shape index (κ2) is 6.48. The Morgan fingerprint density at radius 1 is 1.32 bits per heavy atom. The number of benzene rings is 1. The van der Waals surface area contributed by atoms with E-state index >= 15 is 0 Å². The molecular weight excluding hydrogens is 298 g/mol. The molecule has 0 N–H and O–H groups in total. The van der Waals surface area contributed by atoms with Crippen molar-refractivity contribution in [1.82, 2.24) is 25.1 Å². The van der Waals surface area contributed by atoms with Crippen LogP contribution in [0.25, 0.3) is 0 Å². The zero-order chi connectivity index (χ0) is 15.5. The predicted molar refractivity (Wildman–Crippen MR) is 84.5 cm³/mol. The fourth-order valence-corrected chi connectivity index (χ4v) is 3.44. The Labute approximate surface area is 133 Å². The van der Waals surface area contributed by atoms with E-state index < -0.39 is 0 Å². The van der Waals surface area contributed by atoms with Gasteiger partial charge in [0.1, 0.15) is 0 Å². The van der Waals surface area contributed by atoms with Crippen LogP contribution in [0.3, 0.4) is 0 Å². The molecule has 1 aromatic carbocycles. The zero-order valence-corrected chi connectivity index (χ0v) is 13.6. The van der Waals surface area contributed by atoms with Gasteiger partial charge in [-0.25, -0.2) is 4.68 Å². The molecule has 6 nitrogen and oxygen atoms in total. The lowest BCUT2D eigenvalue weighted by Crippen LogP contribution is -2.37. The second-order valence-corrected chi connectivity index (χ2v) is 6.56. The lowest BCUT2D eigenvalue weighted by Gasteiger charge is -2.28. The summed E-state index contributed by atoms with van der Waals surface area (Å²) in [5, 5.41) is 12.3. The minimum absolute atomic E-state index is 0.137. The van der Waals surface area contributed by atoms with Crippen LogP contribution in [0.4, 0.5) is 0 Å². The maximum absolute atomic E-state index is 12.4. The Kier molecular flexibility index (Phi) is 4.42. The molecule has 0 saturated carbocycles. The molecule has 0 unspecified atom stereocenters. The van der Waals surface area contributed by atoms with Crippen LogP contribution in [0, 0.1) is 0 Å². The molecule has 0 fully saturated rings. The second-order valence-electron chi connectivity index (χ2n) is 5.62. The van der Waals surface area contributed by atoms with Gasteiger partial charge in [-0.15, -0.1) is 5.10 Å². The molecule has 7 heteroatoms. The number of hydrogen-bond acceptors (Lipinski definition) is 5. The SMILES string of the molecule is CC(C)n1nnnc1SCC(=O)N1CCc2ccccc2C1. The van der Waals surface area contributed by atoms with Crippen LogP contribution >= 0.6 is 11.8 Å². The van der Waals surface area contributed by atoms with Gasteiger partial charge in [-0.05, 0) is 41.8 Å².